The van der Waals surface area contributed by atoms with Crippen molar-refractivity contribution in [3.8, 4) is 61.7 Å². The van der Waals surface area contributed by atoms with Crippen molar-refractivity contribution in [2.24, 2.45) is 0 Å². The Balaban J connectivity index is 1.01. The molecule has 9 rings (SSSR count). The van der Waals surface area contributed by atoms with Gasteiger partial charge in [-0.25, -0.2) is 0 Å². The van der Waals surface area contributed by atoms with Crippen LogP contribution in [0.1, 0.15) is 41.7 Å². The molecule has 1 heterocycles. The molecule has 0 spiro atoms. The molecule has 0 atom stereocenters. The van der Waals surface area contributed by atoms with Gasteiger partial charge in [-0.3, -0.25) is 0 Å². The molecule has 2 heteroatoms. The fourth-order valence-electron chi connectivity index (χ4n) is 8.85. The average molecular weight is 745 g/mol. The minimum absolute atomic E-state index is 0.0874. The SMILES string of the molecule is C=CCc1c(-c2cc(C#N)cc(-c3ccc(-c4cccc(-c5ccc(N6c7ccccc7C(C)(C)c7ccccc76)cc5)c4)cc3)c2)cccc1-c1ccccc1C. The monoisotopic (exact) mass is 744 g/mol. The summed E-state index contributed by atoms with van der Waals surface area (Å²) in [6, 6.07) is 67.6. The molecule has 0 saturated carbocycles. The van der Waals surface area contributed by atoms with Crippen LogP contribution in [-0.2, 0) is 11.8 Å². The van der Waals surface area contributed by atoms with Crippen molar-refractivity contribution in [3.63, 3.8) is 0 Å². The lowest BCUT2D eigenvalue weighted by Gasteiger charge is -2.42. The van der Waals surface area contributed by atoms with E-state index in [4.69, 9.17) is 0 Å². The van der Waals surface area contributed by atoms with Gasteiger partial charge in [0.05, 0.1) is 23.0 Å². The molecule has 0 N–H and O–H groups in total. The number of hydrogen-bond acceptors (Lipinski definition) is 2. The van der Waals surface area contributed by atoms with Gasteiger partial charge in [0.2, 0.25) is 0 Å². The van der Waals surface area contributed by atoms with Crippen molar-refractivity contribution in [1.82, 2.24) is 0 Å². The number of allylic oxidation sites excluding steroid dienone is 1. The summed E-state index contributed by atoms with van der Waals surface area (Å²) in [6.45, 7) is 10.9. The number of hydrogen-bond donors (Lipinski definition) is 0. The zero-order valence-electron chi connectivity index (χ0n) is 33.2. The Morgan fingerprint density at radius 1 is 0.517 bits per heavy atom. The first kappa shape index (κ1) is 36.4. The maximum Gasteiger partial charge on any atom is 0.0992 e. The molecule has 1 aliphatic rings. The zero-order chi connectivity index (χ0) is 39.8. The number of benzene rings is 8. The Bertz CT molecular complexity index is 2820. The third-order valence-corrected chi connectivity index (χ3v) is 11.8. The first-order valence-electron chi connectivity index (χ1n) is 20.0. The highest BCUT2D eigenvalue weighted by molar-refractivity contribution is 5.87. The molecule has 0 fully saturated rings. The van der Waals surface area contributed by atoms with Gasteiger partial charge in [0.25, 0.3) is 0 Å². The summed E-state index contributed by atoms with van der Waals surface area (Å²) in [5.74, 6) is 0. The minimum atomic E-state index is -0.0874. The number of aryl methyl sites for hydroxylation is 1. The maximum absolute atomic E-state index is 10.1. The van der Waals surface area contributed by atoms with E-state index in [-0.39, 0.29) is 5.41 Å². The van der Waals surface area contributed by atoms with E-state index in [9.17, 15) is 5.26 Å². The Hall–Kier alpha value is -7.21. The summed E-state index contributed by atoms with van der Waals surface area (Å²) >= 11 is 0. The molecular formula is C56H44N2. The first-order chi connectivity index (χ1) is 28.3. The molecule has 8 aromatic rings. The summed E-state index contributed by atoms with van der Waals surface area (Å²) in [7, 11) is 0. The van der Waals surface area contributed by atoms with Crippen LogP contribution in [-0.4, -0.2) is 0 Å². The van der Waals surface area contributed by atoms with Crippen LogP contribution in [0.4, 0.5) is 17.1 Å². The highest BCUT2D eigenvalue weighted by atomic mass is 15.2. The Labute approximate surface area is 342 Å². The number of nitrogens with zero attached hydrogens (tertiary/aromatic N) is 2. The van der Waals surface area contributed by atoms with Crippen LogP contribution < -0.4 is 4.90 Å². The number of rotatable bonds is 8. The second-order valence-electron chi connectivity index (χ2n) is 15.7. The quantitative estimate of drug-likeness (QED) is 0.145. The van der Waals surface area contributed by atoms with Crippen LogP contribution in [0.2, 0.25) is 0 Å². The van der Waals surface area contributed by atoms with Crippen LogP contribution in [0.5, 0.6) is 0 Å². The molecule has 8 aromatic carbocycles. The van der Waals surface area contributed by atoms with Crippen molar-refractivity contribution in [3.05, 3.63) is 222 Å². The first-order valence-corrected chi connectivity index (χ1v) is 20.0. The lowest BCUT2D eigenvalue weighted by molar-refractivity contribution is 0.632. The van der Waals surface area contributed by atoms with Gasteiger partial charge >= 0.3 is 0 Å². The van der Waals surface area contributed by atoms with Crippen LogP contribution in [0.3, 0.4) is 0 Å². The van der Waals surface area contributed by atoms with E-state index in [1.807, 2.05) is 18.2 Å². The predicted molar refractivity (Wildman–Crippen MR) is 244 cm³/mol. The highest BCUT2D eigenvalue weighted by Gasteiger charge is 2.36. The van der Waals surface area contributed by atoms with Crippen molar-refractivity contribution in [2.45, 2.75) is 32.6 Å². The van der Waals surface area contributed by atoms with E-state index >= 15 is 0 Å². The Morgan fingerprint density at radius 3 is 1.64 bits per heavy atom. The third-order valence-electron chi connectivity index (χ3n) is 11.8. The van der Waals surface area contributed by atoms with Crippen LogP contribution >= 0.6 is 0 Å². The summed E-state index contributed by atoms with van der Waals surface area (Å²) in [5.41, 5.74) is 20.5. The number of fused-ring (bicyclic) bond motifs is 2. The van der Waals surface area contributed by atoms with Gasteiger partial charge in [-0.05, 0) is 140 Å². The number of nitriles is 1. The molecule has 0 aliphatic carbocycles. The largest absolute Gasteiger partial charge is 0.310 e. The van der Waals surface area contributed by atoms with Gasteiger partial charge in [0.1, 0.15) is 0 Å². The second-order valence-corrected chi connectivity index (χ2v) is 15.7. The fourth-order valence-corrected chi connectivity index (χ4v) is 8.85. The van der Waals surface area contributed by atoms with Gasteiger partial charge in [-0.15, -0.1) is 6.58 Å². The molecule has 0 unspecified atom stereocenters. The Kier molecular flexibility index (Phi) is 9.44. The van der Waals surface area contributed by atoms with Gasteiger partial charge in [0.15, 0.2) is 0 Å². The van der Waals surface area contributed by atoms with Crippen LogP contribution in [0, 0.1) is 18.3 Å². The van der Waals surface area contributed by atoms with E-state index in [0.717, 1.165) is 45.5 Å². The minimum Gasteiger partial charge on any atom is -0.310 e. The van der Waals surface area contributed by atoms with E-state index in [1.165, 1.54) is 55.9 Å². The molecule has 0 amide bonds. The van der Waals surface area contributed by atoms with Crippen LogP contribution in [0.25, 0.3) is 55.6 Å². The molecule has 58 heavy (non-hydrogen) atoms. The Morgan fingerprint density at radius 2 is 1.02 bits per heavy atom. The molecule has 0 saturated heterocycles. The molecule has 278 valence electrons. The van der Waals surface area contributed by atoms with Gasteiger partial charge < -0.3 is 4.90 Å². The standard InChI is InChI=1S/C56H44N2/c1-5-14-50-49(19-13-20-51(50)48-18-7-6-15-38(48)2)46-34-39(37-57)33-45(36-46)42-27-25-40(26-28-42)43-16-12-17-44(35-43)41-29-31-47(32-30-41)58-54-23-10-8-21-52(54)56(3,4)53-22-9-11-24-55(53)58/h5-13,15-36H,1,14H2,2-4H3. The lowest BCUT2D eigenvalue weighted by Crippen LogP contribution is -2.30. The number of anilines is 3. The zero-order valence-corrected chi connectivity index (χ0v) is 33.2. The summed E-state index contributed by atoms with van der Waals surface area (Å²) in [4.78, 5) is 2.40. The van der Waals surface area contributed by atoms with Gasteiger partial charge in [-0.1, -0.05) is 153 Å². The number of para-hydroxylation sites is 2. The topological polar surface area (TPSA) is 27.0 Å². The summed E-state index contributed by atoms with van der Waals surface area (Å²) in [6.07, 6.45) is 2.69. The molecule has 0 bridgehead atoms. The van der Waals surface area contributed by atoms with Gasteiger partial charge in [-0.2, -0.15) is 5.26 Å². The average Bonchev–Trinajstić information content (AvgIpc) is 3.27. The highest BCUT2D eigenvalue weighted by Crippen LogP contribution is 2.51. The summed E-state index contributed by atoms with van der Waals surface area (Å²) < 4.78 is 0. The van der Waals surface area contributed by atoms with E-state index in [2.05, 4.69) is 208 Å². The van der Waals surface area contributed by atoms with E-state index in [1.54, 1.807) is 0 Å². The van der Waals surface area contributed by atoms with Crippen molar-refractivity contribution in [1.29, 1.82) is 5.26 Å². The second kappa shape index (κ2) is 15.0. The fraction of sp³-hybridized carbons (Fsp3) is 0.0893. The maximum atomic E-state index is 10.1. The molecule has 0 radical (unpaired) electrons. The van der Waals surface area contributed by atoms with Crippen LogP contribution in [0.15, 0.2) is 195 Å². The van der Waals surface area contributed by atoms with E-state index in [0.29, 0.717) is 5.56 Å². The van der Waals surface area contributed by atoms with E-state index < -0.39 is 0 Å². The molecule has 0 aromatic heterocycles. The predicted octanol–water partition coefficient (Wildman–Crippen LogP) is 15.0. The summed E-state index contributed by atoms with van der Waals surface area (Å²) in [5, 5.41) is 10.1. The lowest BCUT2D eigenvalue weighted by atomic mass is 9.73. The normalized spacial score (nSPS) is 12.6. The molecule has 1 aliphatic heterocycles. The van der Waals surface area contributed by atoms with Crippen molar-refractivity contribution >= 4 is 17.1 Å². The van der Waals surface area contributed by atoms with Crippen molar-refractivity contribution < 1.29 is 0 Å². The van der Waals surface area contributed by atoms with Crippen molar-refractivity contribution in [2.75, 3.05) is 4.90 Å². The smallest absolute Gasteiger partial charge is 0.0992 e. The van der Waals surface area contributed by atoms with Gasteiger partial charge in [0, 0.05) is 11.1 Å². The molecule has 2 nitrogen and oxygen atoms in total. The third kappa shape index (κ3) is 6.51. The molecular weight excluding hydrogens is 701 g/mol.